The maximum Gasteiger partial charge on any atom is 0.279 e. The second-order valence-corrected chi connectivity index (χ2v) is 5.63. The molecule has 6 nitrogen and oxygen atoms in total. The lowest BCUT2D eigenvalue weighted by Gasteiger charge is -2.10. The van der Waals surface area contributed by atoms with E-state index in [1.165, 1.54) is 30.9 Å². The SMILES string of the molecule is CC(=O)c1ccccc1NS(=O)(=O)c1ccnn1C. The van der Waals surface area contributed by atoms with Crippen molar-refractivity contribution in [2.24, 2.45) is 7.05 Å². The Morgan fingerprint density at radius 2 is 1.95 bits per heavy atom. The third-order valence-corrected chi connectivity index (χ3v) is 4.04. The number of carbonyl (C=O) groups excluding carboxylic acids is 1. The molecule has 0 amide bonds. The highest BCUT2D eigenvalue weighted by atomic mass is 32.2. The largest absolute Gasteiger partial charge is 0.294 e. The molecule has 0 saturated carbocycles. The number of anilines is 1. The van der Waals surface area contributed by atoms with E-state index in [2.05, 4.69) is 9.82 Å². The molecule has 2 rings (SSSR count). The third kappa shape index (κ3) is 2.65. The molecule has 0 spiro atoms. The smallest absolute Gasteiger partial charge is 0.279 e. The minimum atomic E-state index is -3.76. The number of nitrogens with zero attached hydrogens (tertiary/aromatic N) is 2. The zero-order valence-corrected chi connectivity index (χ0v) is 11.3. The Kier molecular flexibility index (Phi) is 3.39. The van der Waals surface area contributed by atoms with Crippen LogP contribution in [-0.2, 0) is 17.1 Å². The van der Waals surface area contributed by atoms with Crippen LogP contribution in [0.4, 0.5) is 5.69 Å². The molecule has 100 valence electrons. The van der Waals surface area contributed by atoms with Crippen molar-refractivity contribution in [1.29, 1.82) is 0 Å². The fraction of sp³-hybridized carbons (Fsp3) is 0.167. The quantitative estimate of drug-likeness (QED) is 0.858. The molecule has 1 N–H and O–H groups in total. The van der Waals surface area contributed by atoms with Gasteiger partial charge in [-0.25, -0.2) is 0 Å². The first-order valence-corrected chi connectivity index (χ1v) is 7.01. The number of hydrogen-bond donors (Lipinski definition) is 1. The molecule has 7 heteroatoms. The molecule has 19 heavy (non-hydrogen) atoms. The predicted octanol–water partition coefficient (Wildman–Crippen LogP) is 1.42. The average Bonchev–Trinajstić information content (AvgIpc) is 2.76. The molecule has 1 aromatic carbocycles. The minimum Gasteiger partial charge on any atom is -0.294 e. The van der Waals surface area contributed by atoms with Crippen LogP contribution < -0.4 is 4.72 Å². The molecule has 0 bridgehead atoms. The van der Waals surface area contributed by atoms with Crippen molar-refractivity contribution in [2.75, 3.05) is 4.72 Å². The number of sulfonamides is 1. The number of rotatable bonds is 4. The van der Waals surface area contributed by atoms with Gasteiger partial charge in [-0.15, -0.1) is 0 Å². The van der Waals surface area contributed by atoms with Gasteiger partial charge in [-0.2, -0.15) is 13.5 Å². The zero-order chi connectivity index (χ0) is 14.0. The van der Waals surface area contributed by atoms with E-state index in [-0.39, 0.29) is 16.5 Å². The lowest BCUT2D eigenvalue weighted by Crippen LogP contribution is -2.18. The number of nitrogens with one attached hydrogen (secondary N) is 1. The van der Waals surface area contributed by atoms with E-state index >= 15 is 0 Å². The first-order valence-electron chi connectivity index (χ1n) is 5.52. The summed E-state index contributed by atoms with van der Waals surface area (Å²) < 4.78 is 28.0. The molecule has 0 radical (unpaired) electrons. The van der Waals surface area contributed by atoms with Gasteiger partial charge >= 0.3 is 0 Å². The van der Waals surface area contributed by atoms with Crippen LogP contribution in [0.15, 0.2) is 41.6 Å². The van der Waals surface area contributed by atoms with Gasteiger partial charge in [0.1, 0.15) is 0 Å². The van der Waals surface area contributed by atoms with Gasteiger partial charge in [-0.3, -0.25) is 14.2 Å². The van der Waals surface area contributed by atoms with Gasteiger partial charge < -0.3 is 0 Å². The van der Waals surface area contributed by atoms with Crippen LogP contribution in [0.25, 0.3) is 0 Å². The number of aromatic nitrogens is 2. The van der Waals surface area contributed by atoms with Crippen molar-refractivity contribution in [3.8, 4) is 0 Å². The van der Waals surface area contributed by atoms with Crippen LogP contribution >= 0.6 is 0 Å². The van der Waals surface area contributed by atoms with Crippen molar-refractivity contribution in [1.82, 2.24) is 9.78 Å². The summed E-state index contributed by atoms with van der Waals surface area (Å²) in [6.07, 6.45) is 1.39. The van der Waals surface area contributed by atoms with Gasteiger partial charge in [0.05, 0.1) is 11.9 Å². The van der Waals surface area contributed by atoms with Crippen molar-refractivity contribution >= 4 is 21.5 Å². The number of carbonyl (C=O) groups is 1. The van der Waals surface area contributed by atoms with Gasteiger partial charge in [-0.1, -0.05) is 12.1 Å². The fourth-order valence-corrected chi connectivity index (χ4v) is 2.91. The third-order valence-electron chi connectivity index (χ3n) is 2.60. The molecule has 0 fully saturated rings. The van der Waals surface area contributed by atoms with Crippen molar-refractivity contribution in [3.63, 3.8) is 0 Å². The summed E-state index contributed by atoms with van der Waals surface area (Å²) in [6.45, 7) is 1.39. The lowest BCUT2D eigenvalue weighted by molar-refractivity contribution is 0.101. The highest BCUT2D eigenvalue weighted by Gasteiger charge is 2.20. The maximum atomic E-state index is 12.2. The first kappa shape index (κ1) is 13.3. The second-order valence-electron chi connectivity index (χ2n) is 4.00. The van der Waals surface area contributed by atoms with Crippen LogP contribution in [0, 0.1) is 0 Å². The predicted molar refractivity (Wildman–Crippen MR) is 70.5 cm³/mol. The molecule has 0 aliphatic rings. The molecule has 0 saturated heterocycles. The molecule has 1 heterocycles. The Bertz CT molecular complexity index is 719. The number of benzene rings is 1. The van der Waals surface area contributed by atoms with Crippen LogP contribution in [-0.4, -0.2) is 24.0 Å². The average molecular weight is 279 g/mol. The van der Waals surface area contributed by atoms with E-state index in [0.717, 1.165) is 0 Å². The molecule has 1 aromatic heterocycles. The summed E-state index contributed by atoms with van der Waals surface area (Å²) in [4.78, 5) is 11.5. The van der Waals surface area contributed by atoms with E-state index < -0.39 is 10.0 Å². The van der Waals surface area contributed by atoms with E-state index in [4.69, 9.17) is 0 Å². The highest BCUT2D eigenvalue weighted by Crippen LogP contribution is 2.20. The van der Waals surface area contributed by atoms with Gasteiger partial charge in [-0.05, 0) is 25.1 Å². The second kappa shape index (κ2) is 4.85. The Morgan fingerprint density at radius 3 is 2.53 bits per heavy atom. The minimum absolute atomic E-state index is 0.0332. The molecule has 2 aromatic rings. The van der Waals surface area contributed by atoms with E-state index in [0.29, 0.717) is 5.56 Å². The number of aryl methyl sites for hydroxylation is 1. The van der Waals surface area contributed by atoms with Crippen LogP contribution in [0.1, 0.15) is 17.3 Å². The summed E-state index contributed by atoms with van der Waals surface area (Å²) in [7, 11) is -2.23. The molecule has 0 unspecified atom stereocenters. The van der Waals surface area contributed by atoms with Gasteiger partial charge in [0.15, 0.2) is 10.8 Å². The Balaban J connectivity index is 2.42. The fourth-order valence-electron chi connectivity index (χ4n) is 1.70. The number of para-hydroxylation sites is 1. The summed E-state index contributed by atoms with van der Waals surface area (Å²) in [6, 6.07) is 7.85. The standard InChI is InChI=1S/C12H13N3O3S/c1-9(16)10-5-3-4-6-11(10)14-19(17,18)12-7-8-13-15(12)2/h3-8,14H,1-2H3. The van der Waals surface area contributed by atoms with Crippen LogP contribution in [0.3, 0.4) is 0 Å². The van der Waals surface area contributed by atoms with Gasteiger partial charge in [0.25, 0.3) is 10.0 Å². The lowest BCUT2D eigenvalue weighted by atomic mass is 10.1. The molecular weight excluding hydrogens is 266 g/mol. The zero-order valence-electron chi connectivity index (χ0n) is 10.5. The Morgan fingerprint density at radius 1 is 1.26 bits per heavy atom. The first-order chi connectivity index (χ1) is 8.92. The highest BCUT2D eigenvalue weighted by molar-refractivity contribution is 7.92. The molecular formula is C12H13N3O3S. The van der Waals surface area contributed by atoms with Crippen LogP contribution in [0.2, 0.25) is 0 Å². The van der Waals surface area contributed by atoms with E-state index in [1.807, 2.05) is 0 Å². The monoisotopic (exact) mass is 279 g/mol. The molecule has 0 aliphatic carbocycles. The Hall–Kier alpha value is -2.15. The summed E-state index contributed by atoms with van der Waals surface area (Å²) in [5, 5.41) is 3.85. The Labute approximate surface area is 111 Å². The van der Waals surface area contributed by atoms with Crippen molar-refractivity contribution < 1.29 is 13.2 Å². The number of Topliss-reactive ketones (excluding diaryl/α,β-unsaturated/α-hetero) is 1. The normalized spacial score (nSPS) is 11.3. The number of ketones is 1. The maximum absolute atomic E-state index is 12.2. The molecule has 0 aliphatic heterocycles. The van der Waals surface area contributed by atoms with E-state index in [9.17, 15) is 13.2 Å². The summed E-state index contributed by atoms with van der Waals surface area (Å²) >= 11 is 0. The summed E-state index contributed by atoms with van der Waals surface area (Å²) in [5.41, 5.74) is 0.587. The van der Waals surface area contributed by atoms with Crippen LogP contribution in [0.5, 0.6) is 0 Å². The van der Waals surface area contributed by atoms with Crippen molar-refractivity contribution in [2.45, 2.75) is 11.9 Å². The topological polar surface area (TPSA) is 81.1 Å². The van der Waals surface area contributed by atoms with Gasteiger partial charge in [0.2, 0.25) is 0 Å². The van der Waals surface area contributed by atoms with E-state index in [1.54, 1.807) is 24.3 Å². The van der Waals surface area contributed by atoms with Crippen molar-refractivity contribution in [3.05, 3.63) is 42.1 Å². The van der Waals surface area contributed by atoms with Gasteiger partial charge in [0, 0.05) is 12.6 Å². The number of hydrogen-bond acceptors (Lipinski definition) is 4. The summed E-state index contributed by atoms with van der Waals surface area (Å²) in [5.74, 6) is -0.205. The molecule has 0 atom stereocenters.